The number of carbonyl (C=O) groups excluding carboxylic acids is 2. The number of imide groups is 1. The van der Waals surface area contributed by atoms with E-state index in [1.807, 2.05) is 37.3 Å². The number of rotatable bonds is 4. The van der Waals surface area contributed by atoms with Crippen molar-refractivity contribution in [2.45, 2.75) is 31.9 Å². The van der Waals surface area contributed by atoms with Gasteiger partial charge in [-0.15, -0.1) is 6.58 Å². The van der Waals surface area contributed by atoms with Gasteiger partial charge >= 0.3 is 6.09 Å². The molecule has 2 atom stereocenters. The lowest BCUT2D eigenvalue weighted by Gasteiger charge is -2.19. The van der Waals surface area contributed by atoms with E-state index in [4.69, 9.17) is 4.74 Å². The van der Waals surface area contributed by atoms with Crippen molar-refractivity contribution >= 4 is 12.0 Å². The van der Waals surface area contributed by atoms with Gasteiger partial charge < -0.3 is 4.74 Å². The largest absolute Gasteiger partial charge is 0.439 e. The van der Waals surface area contributed by atoms with Crippen LogP contribution in [0.15, 0.2) is 43.0 Å². The fourth-order valence-electron chi connectivity index (χ4n) is 2.23. The van der Waals surface area contributed by atoms with E-state index in [-0.39, 0.29) is 24.5 Å². The van der Waals surface area contributed by atoms with Crippen molar-refractivity contribution in [3.05, 3.63) is 48.6 Å². The summed E-state index contributed by atoms with van der Waals surface area (Å²) in [5, 5.41) is 0. The third-order valence-corrected chi connectivity index (χ3v) is 3.23. The van der Waals surface area contributed by atoms with Crippen LogP contribution in [0, 0.1) is 0 Å². The molecule has 0 spiro atoms. The second-order valence-electron chi connectivity index (χ2n) is 4.55. The first kappa shape index (κ1) is 13.3. The number of nitrogens with zero attached hydrogens (tertiary/aromatic N) is 1. The van der Waals surface area contributed by atoms with E-state index in [2.05, 4.69) is 6.58 Å². The lowest BCUT2D eigenvalue weighted by Crippen LogP contribution is -2.37. The molecule has 1 fully saturated rings. The van der Waals surface area contributed by atoms with E-state index in [1.54, 1.807) is 6.08 Å². The summed E-state index contributed by atoms with van der Waals surface area (Å²) in [6.07, 6.45) is 1.56. The van der Waals surface area contributed by atoms with Crippen molar-refractivity contribution in [3.63, 3.8) is 0 Å². The van der Waals surface area contributed by atoms with Gasteiger partial charge in [0.1, 0.15) is 6.10 Å². The average Bonchev–Trinajstić information content (AvgIpc) is 2.72. The highest BCUT2D eigenvalue weighted by atomic mass is 16.6. The number of benzene rings is 1. The fourth-order valence-corrected chi connectivity index (χ4v) is 2.23. The summed E-state index contributed by atoms with van der Waals surface area (Å²) in [6, 6.07) is 9.18. The molecular formula is C15H17NO3. The first-order valence-electron chi connectivity index (χ1n) is 6.33. The Morgan fingerprint density at radius 3 is 2.74 bits per heavy atom. The summed E-state index contributed by atoms with van der Waals surface area (Å²) in [5.74, 6) is -0.212. The molecule has 19 heavy (non-hydrogen) atoms. The van der Waals surface area contributed by atoms with E-state index in [1.165, 1.54) is 4.90 Å². The van der Waals surface area contributed by atoms with Gasteiger partial charge in [-0.2, -0.15) is 0 Å². The van der Waals surface area contributed by atoms with E-state index in [0.717, 1.165) is 5.56 Å². The number of cyclic esters (lactones) is 1. The Morgan fingerprint density at radius 1 is 1.42 bits per heavy atom. The van der Waals surface area contributed by atoms with E-state index in [9.17, 15) is 9.59 Å². The zero-order valence-corrected chi connectivity index (χ0v) is 10.9. The molecule has 2 unspecified atom stereocenters. The molecule has 4 nitrogen and oxygen atoms in total. The van der Waals surface area contributed by atoms with Crippen molar-refractivity contribution in [2.24, 2.45) is 0 Å². The number of hydrogen-bond acceptors (Lipinski definition) is 3. The van der Waals surface area contributed by atoms with Crippen LogP contribution in [0.4, 0.5) is 4.79 Å². The first-order valence-corrected chi connectivity index (χ1v) is 6.33. The Morgan fingerprint density at radius 2 is 2.11 bits per heavy atom. The fraction of sp³-hybridized carbons (Fsp3) is 0.333. The Balaban J connectivity index is 2.14. The molecule has 0 N–H and O–H groups in total. The third kappa shape index (κ3) is 2.67. The van der Waals surface area contributed by atoms with E-state index in [0.29, 0.717) is 6.42 Å². The highest BCUT2D eigenvalue weighted by Crippen LogP contribution is 2.32. The molecule has 1 aliphatic heterocycles. The predicted molar refractivity (Wildman–Crippen MR) is 71.4 cm³/mol. The maximum Gasteiger partial charge on any atom is 0.417 e. The molecule has 2 amide bonds. The summed E-state index contributed by atoms with van der Waals surface area (Å²) in [5.41, 5.74) is 0.905. The van der Waals surface area contributed by atoms with Crippen molar-refractivity contribution in [3.8, 4) is 0 Å². The van der Waals surface area contributed by atoms with Crippen LogP contribution in [0.1, 0.15) is 31.4 Å². The van der Waals surface area contributed by atoms with Crippen LogP contribution in [0.2, 0.25) is 0 Å². The Bertz CT molecular complexity index is 483. The number of hydrogen-bond donors (Lipinski definition) is 0. The molecule has 1 saturated heterocycles. The van der Waals surface area contributed by atoms with Crippen LogP contribution < -0.4 is 0 Å². The van der Waals surface area contributed by atoms with Gasteiger partial charge in [-0.3, -0.25) is 4.79 Å². The maximum atomic E-state index is 12.0. The molecule has 1 heterocycles. The standard InChI is InChI=1S/C15H17NO3/c1-3-4-10-13(17)16-11(2)14(19-15(16)18)12-8-6-5-7-9-12/h3,5-9,11,14H,1,4,10H2,2H3. The summed E-state index contributed by atoms with van der Waals surface area (Å²) in [6.45, 7) is 5.40. The molecule has 4 heteroatoms. The minimum Gasteiger partial charge on any atom is -0.439 e. The average molecular weight is 259 g/mol. The van der Waals surface area contributed by atoms with E-state index < -0.39 is 6.09 Å². The number of allylic oxidation sites excluding steroid dienone is 1. The van der Waals surface area contributed by atoms with Gasteiger partial charge in [-0.25, -0.2) is 9.69 Å². The van der Waals surface area contributed by atoms with Crippen molar-refractivity contribution in [1.82, 2.24) is 4.90 Å². The predicted octanol–water partition coefficient (Wildman–Crippen LogP) is 3.06. The number of carbonyl (C=O) groups is 2. The Kier molecular flexibility index (Phi) is 4.00. The van der Waals surface area contributed by atoms with Crippen molar-refractivity contribution < 1.29 is 14.3 Å². The molecule has 1 aliphatic rings. The molecule has 1 aromatic carbocycles. The summed E-state index contributed by atoms with van der Waals surface area (Å²) < 4.78 is 5.31. The minimum absolute atomic E-state index is 0.212. The van der Waals surface area contributed by atoms with Gasteiger partial charge in [-0.05, 0) is 18.9 Å². The molecular weight excluding hydrogens is 242 g/mol. The van der Waals surface area contributed by atoms with Crippen LogP contribution in [-0.4, -0.2) is 22.9 Å². The molecule has 0 aliphatic carbocycles. The zero-order valence-electron chi connectivity index (χ0n) is 10.9. The normalized spacial score (nSPS) is 22.2. The second-order valence-corrected chi connectivity index (χ2v) is 4.55. The summed E-state index contributed by atoms with van der Waals surface area (Å²) >= 11 is 0. The summed E-state index contributed by atoms with van der Waals surface area (Å²) in [7, 11) is 0. The van der Waals surface area contributed by atoms with Gasteiger partial charge in [-0.1, -0.05) is 36.4 Å². The smallest absolute Gasteiger partial charge is 0.417 e. The third-order valence-electron chi connectivity index (χ3n) is 3.23. The highest BCUT2D eigenvalue weighted by Gasteiger charge is 2.42. The quantitative estimate of drug-likeness (QED) is 0.781. The second kappa shape index (κ2) is 5.69. The monoisotopic (exact) mass is 259 g/mol. The lowest BCUT2D eigenvalue weighted by atomic mass is 10.0. The molecule has 0 bridgehead atoms. The maximum absolute atomic E-state index is 12.0. The van der Waals surface area contributed by atoms with Crippen LogP contribution in [0.3, 0.4) is 0 Å². The Hall–Kier alpha value is -2.10. The number of ether oxygens (including phenoxy) is 1. The van der Waals surface area contributed by atoms with Crippen LogP contribution >= 0.6 is 0 Å². The molecule has 0 radical (unpaired) electrons. The zero-order chi connectivity index (χ0) is 13.8. The minimum atomic E-state index is -0.560. The van der Waals surface area contributed by atoms with Gasteiger partial charge in [0.2, 0.25) is 5.91 Å². The molecule has 1 aromatic rings. The van der Waals surface area contributed by atoms with Gasteiger partial charge in [0.05, 0.1) is 6.04 Å². The van der Waals surface area contributed by atoms with Crippen molar-refractivity contribution in [1.29, 1.82) is 0 Å². The first-order chi connectivity index (χ1) is 9.15. The van der Waals surface area contributed by atoms with Gasteiger partial charge in [0, 0.05) is 6.42 Å². The molecule has 100 valence electrons. The van der Waals surface area contributed by atoms with Crippen LogP contribution in [-0.2, 0) is 9.53 Å². The van der Waals surface area contributed by atoms with E-state index >= 15 is 0 Å². The molecule has 0 saturated carbocycles. The highest BCUT2D eigenvalue weighted by molar-refractivity contribution is 5.93. The van der Waals surface area contributed by atoms with Crippen molar-refractivity contribution in [2.75, 3.05) is 0 Å². The topological polar surface area (TPSA) is 46.6 Å². The van der Waals surface area contributed by atoms with Crippen LogP contribution in [0.25, 0.3) is 0 Å². The molecule has 0 aromatic heterocycles. The number of amides is 2. The Labute approximate surface area is 112 Å². The van der Waals surface area contributed by atoms with Gasteiger partial charge in [0.15, 0.2) is 0 Å². The SMILES string of the molecule is C=CCCC(=O)N1C(=O)OC(c2ccccc2)C1C. The van der Waals surface area contributed by atoms with Gasteiger partial charge in [0.25, 0.3) is 0 Å². The summed E-state index contributed by atoms with van der Waals surface area (Å²) in [4.78, 5) is 25.0. The lowest BCUT2D eigenvalue weighted by molar-refractivity contribution is -0.129. The van der Waals surface area contributed by atoms with Crippen LogP contribution in [0.5, 0.6) is 0 Å². The molecule has 2 rings (SSSR count).